The fraction of sp³-hybridized carbons (Fsp3) is 1.00. The molecule has 1 aliphatic rings. The molecule has 2 nitrogen and oxygen atoms in total. The normalized spacial score (nSPS) is 26.8. The van der Waals surface area contributed by atoms with Crippen molar-refractivity contribution in [3.05, 3.63) is 0 Å². The molecule has 0 aromatic rings. The van der Waals surface area contributed by atoms with E-state index in [4.69, 9.17) is 0 Å². The van der Waals surface area contributed by atoms with Crippen LogP contribution in [0.2, 0.25) is 0 Å². The van der Waals surface area contributed by atoms with Crippen LogP contribution in [-0.2, 0) is 0 Å². The van der Waals surface area contributed by atoms with Crippen LogP contribution < -0.4 is 5.32 Å². The molecule has 1 N–H and O–H groups in total. The van der Waals surface area contributed by atoms with E-state index in [1.165, 1.54) is 19.4 Å². The van der Waals surface area contributed by atoms with Gasteiger partial charge in [0.05, 0.1) is 0 Å². The van der Waals surface area contributed by atoms with E-state index in [0.717, 1.165) is 12.6 Å². The van der Waals surface area contributed by atoms with Crippen LogP contribution in [0, 0.1) is 5.41 Å². The monoisotopic (exact) mass is 198 g/mol. The number of nitrogens with zero attached hydrogens (tertiary/aromatic N) is 1. The van der Waals surface area contributed by atoms with Gasteiger partial charge in [-0.25, -0.2) is 0 Å². The van der Waals surface area contributed by atoms with Gasteiger partial charge in [0, 0.05) is 18.6 Å². The highest BCUT2D eigenvalue weighted by molar-refractivity contribution is 4.90. The van der Waals surface area contributed by atoms with Gasteiger partial charge in [0.1, 0.15) is 0 Å². The second-order valence-corrected chi connectivity index (χ2v) is 5.67. The van der Waals surface area contributed by atoms with Gasteiger partial charge in [-0.1, -0.05) is 20.8 Å². The van der Waals surface area contributed by atoms with Crippen molar-refractivity contribution in [3.8, 4) is 0 Å². The van der Waals surface area contributed by atoms with Crippen LogP contribution in [0.1, 0.15) is 40.5 Å². The molecule has 1 aliphatic heterocycles. The van der Waals surface area contributed by atoms with Gasteiger partial charge in [-0.3, -0.25) is 4.90 Å². The van der Waals surface area contributed by atoms with E-state index in [1.54, 1.807) is 0 Å². The van der Waals surface area contributed by atoms with Crippen LogP contribution in [0.15, 0.2) is 0 Å². The third-order valence-corrected chi connectivity index (χ3v) is 3.36. The lowest BCUT2D eigenvalue weighted by Gasteiger charge is -2.38. The topological polar surface area (TPSA) is 15.3 Å². The van der Waals surface area contributed by atoms with Crippen LogP contribution in [0.4, 0.5) is 0 Å². The van der Waals surface area contributed by atoms with Gasteiger partial charge in [0.15, 0.2) is 0 Å². The molecule has 0 aromatic carbocycles. The zero-order valence-corrected chi connectivity index (χ0v) is 10.4. The van der Waals surface area contributed by atoms with Crippen LogP contribution in [0.25, 0.3) is 0 Å². The predicted octanol–water partition coefficient (Wildman–Crippen LogP) is 2.10. The number of likely N-dealkylation sites (N-methyl/N-ethyl adjacent to an activating group) is 1. The molecule has 0 spiro atoms. The predicted molar refractivity (Wildman–Crippen MR) is 62.6 cm³/mol. The lowest BCUT2D eigenvalue weighted by molar-refractivity contribution is 0.104. The minimum atomic E-state index is 0.429. The molecule has 2 heteroatoms. The van der Waals surface area contributed by atoms with E-state index in [-0.39, 0.29) is 0 Å². The number of hydrogen-bond acceptors (Lipinski definition) is 2. The van der Waals surface area contributed by atoms with Crippen molar-refractivity contribution in [1.82, 2.24) is 10.2 Å². The summed E-state index contributed by atoms with van der Waals surface area (Å²) in [6.45, 7) is 11.8. The van der Waals surface area contributed by atoms with E-state index in [1.807, 2.05) is 7.05 Å². The summed E-state index contributed by atoms with van der Waals surface area (Å²) in [6.07, 6.45) is 2.74. The summed E-state index contributed by atoms with van der Waals surface area (Å²) in [6, 6.07) is 1.44. The van der Waals surface area contributed by atoms with E-state index in [9.17, 15) is 0 Å². The van der Waals surface area contributed by atoms with Gasteiger partial charge in [-0.15, -0.1) is 0 Å². The molecule has 84 valence electrons. The zero-order valence-electron chi connectivity index (χ0n) is 10.4. The van der Waals surface area contributed by atoms with Crippen molar-refractivity contribution < 1.29 is 0 Å². The molecule has 0 amide bonds. The number of nitrogens with one attached hydrogen (secondary N) is 1. The van der Waals surface area contributed by atoms with Crippen LogP contribution >= 0.6 is 0 Å². The van der Waals surface area contributed by atoms with Gasteiger partial charge < -0.3 is 5.32 Å². The number of likely N-dealkylation sites (tertiary alicyclic amines) is 1. The molecule has 1 rings (SSSR count). The molecule has 2 atom stereocenters. The average molecular weight is 198 g/mol. The molecule has 14 heavy (non-hydrogen) atoms. The van der Waals surface area contributed by atoms with Crippen LogP contribution in [-0.4, -0.2) is 37.1 Å². The number of hydrogen-bond donors (Lipinski definition) is 1. The first kappa shape index (κ1) is 12.0. The summed E-state index contributed by atoms with van der Waals surface area (Å²) in [7, 11) is 2.04. The summed E-state index contributed by atoms with van der Waals surface area (Å²) in [5.74, 6) is 0. The Bertz CT molecular complexity index is 172. The molecule has 2 unspecified atom stereocenters. The Morgan fingerprint density at radius 1 is 1.43 bits per heavy atom. The van der Waals surface area contributed by atoms with Gasteiger partial charge in [-0.05, 0) is 38.8 Å². The zero-order chi connectivity index (χ0) is 10.8. The average Bonchev–Trinajstić information content (AvgIpc) is 2.50. The molecule has 0 bridgehead atoms. The third-order valence-electron chi connectivity index (χ3n) is 3.36. The van der Waals surface area contributed by atoms with Crippen molar-refractivity contribution in [2.24, 2.45) is 5.41 Å². The van der Waals surface area contributed by atoms with Gasteiger partial charge in [0.2, 0.25) is 0 Å². The SMILES string of the molecule is CNCC(C)N1CCCC1C(C)(C)C. The third kappa shape index (κ3) is 2.71. The number of rotatable bonds is 3. The summed E-state index contributed by atoms with van der Waals surface area (Å²) in [5.41, 5.74) is 0.429. The first-order valence-electron chi connectivity index (χ1n) is 5.87. The Balaban J connectivity index is 2.59. The second-order valence-electron chi connectivity index (χ2n) is 5.67. The molecule has 0 saturated carbocycles. The molecular formula is C12H26N2. The first-order chi connectivity index (χ1) is 6.46. The van der Waals surface area contributed by atoms with Crippen molar-refractivity contribution in [2.75, 3.05) is 20.1 Å². The van der Waals surface area contributed by atoms with Gasteiger partial charge >= 0.3 is 0 Å². The summed E-state index contributed by atoms with van der Waals surface area (Å²) >= 11 is 0. The lowest BCUT2D eigenvalue weighted by atomic mass is 9.85. The van der Waals surface area contributed by atoms with Crippen molar-refractivity contribution in [2.45, 2.75) is 52.6 Å². The van der Waals surface area contributed by atoms with E-state index in [2.05, 4.69) is 37.9 Å². The molecule has 1 fully saturated rings. The van der Waals surface area contributed by atoms with E-state index < -0.39 is 0 Å². The summed E-state index contributed by atoms with van der Waals surface area (Å²) < 4.78 is 0. The van der Waals surface area contributed by atoms with E-state index in [0.29, 0.717) is 11.5 Å². The highest BCUT2D eigenvalue weighted by atomic mass is 15.2. The highest BCUT2D eigenvalue weighted by Crippen LogP contribution is 2.33. The lowest BCUT2D eigenvalue weighted by Crippen LogP contribution is -2.47. The second kappa shape index (κ2) is 4.63. The Labute approximate surface area is 89.1 Å². The quantitative estimate of drug-likeness (QED) is 0.747. The minimum Gasteiger partial charge on any atom is -0.318 e. The Hall–Kier alpha value is -0.0800. The first-order valence-corrected chi connectivity index (χ1v) is 5.87. The molecule has 0 aromatic heterocycles. The molecular weight excluding hydrogens is 172 g/mol. The summed E-state index contributed by atoms with van der Waals surface area (Å²) in [4.78, 5) is 2.68. The van der Waals surface area contributed by atoms with Crippen molar-refractivity contribution in [3.63, 3.8) is 0 Å². The molecule has 1 saturated heterocycles. The van der Waals surface area contributed by atoms with E-state index >= 15 is 0 Å². The van der Waals surface area contributed by atoms with Gasteiger partial charge in [-0.2, -0.15) is 0 Å². The summed E-state index contributed by atoms with van der Waals surface area (Å²) in [5, 5.41) is 3.27. The standard InChI is InChI=1S/C12H26N2/c1-10(9-13-5)14-8-6-7-11(14)12(2,3)4/h10-11,13H,6-9H2,1-5H3. The fourth-order valence-corrected chi connectivity index (χ4v) is 2.66. The maximum absolute atomic E-state index is 3.27. The van der Waals surface area contributed by atoms with Crippen LogP contribution in [0.3, 0.4) is 0 Å². The molecule has 0 aliphatic carbocycles. The maximum Gasteiger partial charge on any atom is 0.0195 e. The largest absolute Gasteiger partial charge is 0.318 e. The Morgan fingerprint density at radius 2 is 2.07 bits per heavy atom. The molecule has 0 radical (unpaired) electrons. The Morgan fingerprint density at radius 3 is 2.57 bits per heavy atom. The Kier molecular flexibility index (Phi) is 3.96. The smallest absolute Gasteiger partial charge is 0.0195 e. The maximum atomic E-state index is 3.27. The highest BCUT2D eigenvalue weighted by Gasteiger charge is 2.35. The van der Waals surface area contributed by atoms with Gasteiger partial charge in [0.25, 0.3) is 0 Å². The minimum absolute atomic E-state index is 0.429. The van der Waals surface area contributed by atoms with Crippen LogP contribution in [0.5, 0.6) is 0 Å². The van der Waals surface area contributed by atoms with Crippen molar-refractivity contribution >= 4 is 0 Å². The van der Waals surface area contributed by atoms with Crippen molar-refractivity contribution in [1.29, 1.82) is 0 Å². The fourth-order valence-electron chi connectivity index (χ4n) is 2.66. The molecule has 1 heterocycles.